The van der Waals surface area contributed by atoms with Crippen molar-refractivity contribution in [2.75, 3.05) is 24.2 Å². The van der Waals surface area contributed by atoms with Gasteiger partial charge in [-0.25, -0.2) is 0 Å². The number of aryl methyl sites for hydroxylation is 1. The van der Waals surface area contributed by atoms with Crippen LogP contribution in [0.4, 0.5) is 5.69 Å². The highest BCUT2D eigenvalue weighted by molar-refractivity contribution is 8.01. The van der Waals surface area contributed by atoms with Crippen molar-refractivity contribution >= 4 is 29.3 Å². The first-order valence-electron chi connectivity index (χ1n) is 8.39. The Balaban J connectivity index is 1.79. The lowest BCUT2D eigenvalue weighted by atomic mass is 10.1. The monoisotopic (exact) mass is 349 g/mol. The summed E-state index contributed by atoms with van der Waals surface area (Å²) in [6, 6.07) is 7.90. The molecule has 0 saturated carbocycles. The molecule has 6 heteroatoms. The molecule has 1 aliphatic heterocycles. The molecule has 1 fully saturated rings. The van der Waals surface area contributed by atoms with Gasteiger partial charge in [-0.3, -0.25) is 9.59 Å². The van der Waals surface area contributed by atoms with E-state index in [0.717, 1.165) is 24.2 Å². The van der Waals surface area contributed by atoms with Crippen LogP contribution in [0.5, 0.6) is 0 Å². The van der Waals surface area contributed by atoms with Crippen LogP contribution >= 0.6 is 11.8 Å². The Morgan fingerprint density at radius 2 is 2.04 bits per heavy atom. The lowest BCUT2D eigenvalue weighted by Crippen LogP contribution is -2.39. The first-order valence-corrected chi connectivity index (χ1v) is 9.44. The summed E-state index contributed by atoms with van der Waals surface area (Å²) in [5, 5.41) is 2.63. The van der Waals surface area contributed by atoms with Gasteiger partial charge in [-0.2, -0.15) is 0 Å². The van der Waals surface area contributed by atoms with Crippen LogP contribution in [0.2, 0.25) is 0 Å². The van der Waals surface area contributed by atoms with Crippen LogP contribution in [-0.2, 0) is 9.59 Å². The number of thioether (sulfide) groups is 1. The zero-order valence-electron chi connectivity index (χ0n) is 14.6. The molecule has 24 heavy (non-hydrogen) atoms. The lowest BCUT2D eigenvalue weighted by molar-refractivity contribution is -0.130. The molecule has 0 spiro atoms. The molecule has 2 amide bonds. The molecule has 1 aromatic carbocycles. The number of carbonyl (C=O) groups excluding carboxylic acids is 2. The molecule has 1 aliphatic rings. The first-order chi connectivity index (χ1) is 11.4. The second-order valence-electron chi connectivity index (χ2n) is 6.54. The number of nitrogens with one attached hydrogen (secondary N) is 1. The summed E-state index contributed by atoms with van der Waals surface area (Å²) in [7, 11) is 0. The van der Waals surface area contributed by atoms with Crippen LogP contribution in [0.25, 0.3) is 0 Å². The minimum Gasteiger partial charge on any atom is -0.339 e. The van der Waals surface area contributed by atoms with Crippen molar-refractivity contribution < 1.29 is 9.59 Å². The second-order valence-corrected chi connectivity index (χ2v) is 7.87. The summed E-state index contributed by atoms with van der Waals surface area (Å²) in [6.45, 7) is 7.29. The minimum atomic E-state index is -0.229. The maximum atomic E-state index is 12.6. The topological polar surface area (TPSA) is 75.4 Å². The van der Waals surface area contributed by atoms with Gasteiger partial charge < -0.3 is 16.0 Å². The molecule has 3 unspecified atom stereocenters. The SMILES string of the molecule is Cc1ccc(NC(=O)CSC(C)C(=O)N2CC(CN)CC2C)cc1. The Morgan fingerprint density at radius 3 is 2.62 bits per heavy atom. The average Bonchev–Trinajstić information content (AvgIpc) is 2.95. The number of likely N-dealkylation sites (tertiary alicyclic amines) is 1. The van der Waals surface area contributed by atoms with Crippen LogP contribution in [0.1, 0.15) is 25.8 Å². The second kappa shape index (κ2) is 8.53. The van der Waals surface area contributed by atoms with E-state index in [1.165, 1.54) is 11.8 Å². The fourth-order valence-electron chi connectivity index (χ4n) is 2.96. The van der Waals surface area contributed by atoms with Gasteiger partial charge in [0.25, 0.3) is 0 Å². The minimum absolute atomic E-state index is 0.0854. The molecule has 132 valence electrons. The largest absolute Gasteiger partial charge is 0.339 e. The summed E-state index contributed by atoms with van der Waals surface area (Å²) >= 11 is 1.38. The Kier molecular flexibility index (Phi) is 6.69. The predicted octanol–water partition coefficient (Wildman–Crippen LogP) is 2.25. The fraction of sp³-hybridized carbons (Fsp3) is 0.556. The van der Waals surface area contributed by atoms with Crippen molar-refractivity contribution in [1.82, 2.24) is 4.90 Å². The number of benzene rings is 1. The van der Waals surface area contributed by atoms with E-state index in [1.54, 1.807) is 0 Å². The number of carbonyl (C=O) groups is 2. The van der Waals surface area contributed by atoms with Crippen LogP contribution in [0.15, 0.2) is 24.3 Å². The Labute approximate surface area is 148 Å². The van der Waals surface area contributed by atoms with Gasteiger partial charge in [0.1, 0.15) is 0 Å². The molecule has 0 bridgehead atoms. The Bertz CT molecular complexity index is 576. The highest BCUT2D eigenvalue weighted by atomic mass is 32.2. The Hall–Kier alpha value is -1.53. The van der Waals surface area contributed by atoms with Gasteiger partial charge >= 0.3 is 0 Å². The molecular formula is C18H27N3O2S. The number of hydrogen-bond acceptors (Lipinski definition) is 4. The highest BCUT2D eigenvalue weighted by Gasteiger charge is 2.33. The summed E-state index contributed by atoms with van der Waals surface area (Å²) in [6.07, 6.45) is 0.966. The summed E-state index contributed by atoms with van der Waals surface area (Å²) in [4.78, 5) is 26.5. The summed E-state index contributed by atoms with van der Waals surface area (Å²) in [5.41, 5.74) is 7.65. The van der Waals surface area contributed by atoms with Crippen LogP contribution in [-0.4, -0.2) is 46.8 Å². The third-order valence-corrected chi connectivity index (χ3v) is 5.56. The van der Waals surface area contributed by atoms with Gasteiger partial charge in [-0.15, -0.1) is 11.8 Å². The zero-order valence-corrected chi connectivity index (χ0v) is 15.4. The average molecular weight is 350 g/mol. The van der Waals surface area contributed by atoms with Gasteiger partial charge in [0, 0.05) is 18.3 Å². The van der Waals surface area contributed by atoms with Gasteiger partial charge in [0.05, 0.1) is 11.0 Å². The standard InChI is InChI=1S/C18H27N3O2S/c1-12-4-6-16(7-5-12)20-17(22)11-24-14(3)18(23)21-10-15(9-19)8-13(21)2/h4-7,13-15H,8-11,19H2,1-3H3,(H,20,22). The van der Waals surface area contributed by atoms with Crippen molar-refractivity contribution in [1.29, 1.82) is 0 Å². The van der Waals surface area contributed by atoms with Crippen LogP contribution in [0.3, 0.4) is 0 Å². The molecule has 3 atom stereocenters. The molecule has 0 aromatic heterocycles. The summed E-state index contributed by atoms with van der Waals surface area (Å²) in [5.74, 6) is 0.680. The number of nitrogens with zero attached hydrogens (tertiary/aromatic N) is 1. The van der Waals surface area contributed by atoms with Gasteiger partial charge in [0.2, 0.25) is 11.8 Å². The molecule has 2 rings (SSSR count). The van der Waals surface area contributed by atoms with E-state index < -0.39 is 0 Å². The van der Waals surface area contributed by atoms with Crippen molar-refractivity contribution in [3.8, 4) is 0 Å². The molecular weight excluding hydrogens is 322 g/mol. The smallest absolute Gasteiger partial charge is 0.235 e. The van der Waals surface area contributed by atoms with E-state index in [0.29, 0.717) is 12.5 Å². The van der Waals surface area contributed by atoms with Gasteiger partial charge in [0.15, 0.2) is 0 Å². The van der Waals surface area contributed by atoms with E-state index in [-0.39, 0.29) is 28.9 Å². The molecule has 1 saturated heterocycles. The van der Waals surface area contributed by atoms with Crippen molar-refractivity contribution in [3.63, 3.8) is 0 Å². The van der Waals surface area contributed by atoms with Crippen molar-refractivity contribution in [2.24, 2.45) is 11.7 Å². The summed E-state index contributed by atoms with van der Waals surface area (Å²) < 4.78 is 0. The highest BCUT2D eigenvalue weighted by Crippen LogP contribution is 2.25. The molecule has 0 radical (unpaired) electrons. The zero-order chi connectivity index (χ0) is 17.7. The fourth-order valence-corrected chi connectivity index (χ4v) is 3.71. The number of hydrogen-bond donors (Lipinski definition) is 2. The predicted molar refractivity (Wildman–Crippen MR) is 100 cm³/mol. The van der Waals surface area contributed by atoms with E-state index in [1.807, 2.05) is 43.0 Å². The normalized spacial score (nSPS) is 21.6. The van der Waals surface area contributed by atoms with Gasteiger partial charge in [-0.1, -0.05) is 17.7 Å². The lowest BCUT2D eigenvalue weighted by Gasteiger charge is -2.24. The molecule has 3 N–H and O–H groups in total. The third-order valence-electron chi connectivity index (χ3n) is 4.43. The maximum Gasteiger partial charge on any atom is 0.235 e. The molecule has 0 aliphatic carbocycles. The van der Waals surface area contributed by atoms with Crippen LogP contribution in [0, 0.1) is 12.8 Å². The van der Waals surface area contributed by atoms with E-state index in [4.69, 9.17) is 5.73 Å². The van der Waals surface area contributed by atoms with Crippen LogP contribution < -0.4 is 11.1 Å². The van der Waals surface area contributed by atoms with E-state index in [2.05, 4.69) is 12.2 Å². The number of nitrogens with two attached hydrogens (primary N) is 1. The van der Waals surface area contributed by atoms with Crippen molar-refractivity contribution in [3.05, 3.63) is 29.8 Å². The first kappa shape index (κ1) is 18.8. The van der Waals surface area contributed by atoms with E-state index in [9.17, 15) is 9.59 Å². The number of anilines is 1. The van der Waals surface area contributed by atoms with Gasteiger partial charge in [-0.05, 0) is 51.8 Å². The quantitative estimate of drug-likeness (QED) is 0.826. The van der Waals surface area contributed by atoms with E-state index >= 15 is 0 Å². The molecule has 1 aromatic rings. The molecule has 1 heterocycles. The molecule has 5 nitrogen and oxygen atoms in total. The maximum absolute atomic E-state index is 12.6. The number of rotatable bonds is 6. The number of amides is 2. The van der Waals surface area contributed by atoms with Crippen molar-refractivity contribution in [2.45, 2.75) is 38.5 Å². The Morgan fingerprint density at radius 1 is 1.38 bits per heavy atom. The third kappa shape index (κ3) is 4.98.